The predicted molar refractivity (Wildman–Crippen MR) is 110 cm³/mol. The van der Waals surface area contributed by atoms with Crippen LogP contribution in [0.25, 0.3) is 0 Å². The average molecular weight is 376 g/mol. The molecular weight excluding hydrogens is 352 g/mol. The van der Waals surface area contributed by atoms with E-state index in [2.05, 4.69) is 20.6 Å². The van der Waals surface area contributed by atoms with E-state index in [9.17, 15) is 4.79 Å². The Balaban J connectivity index is 1.56. The van der Waals surface area contributed by atoms with Gasteiger partial charge in [-0.25, -0.2) is 9.97 Å². The maximum absolute atomic E-state index is 12.5. The van der Waals surface area contributed by atoms with Crippen molar-refractivity contribution in [2.75, 3.05) is 19.0 Å². The third-order valence-electron chi connectivity index (χ3n) is 4.40. The van der Waals surface area contributed by atoms with Gasteiger partial charge in [0.25, 0.3) is 5.91 Å². The van der Waals surface area contributed by atoms with Crippen LogP contribution in [0.5, 0.6) is 5.75 Å². The Morgan fingerprint density at radius 1 is 1.07 bits per heavy atom. The number of hydrogen-bond donors (Lipinski definition) is 2. The van der Waals surface area contributed by atoms with Gasteiger partial charge >= 0.3 is 0 Å². The van der Waals surface area contributed by atoms with Crippen LogP contribution < -0.4 is 15.4 Å². The summed E-state index contributed by atoms with van der Waals surface area (Å²) in [6, 6.07) is 19.3. The number of nitrogens with one attached hydrogen (secondary N) is 2. The van der Waals surface area contributed by atoms with E-state index in [0.29, 0.717) is 18.1 Å². The van der Waals surface area contributed by atoms with Crippen LogP contribution in [0.1, 0.15) is 34.6 Å². The molecule has 0 saturated heterocycles. The van der Waals surface area contributed by atoms with Crippen molar-refractivity contribution in [3.05, 3.63) is 83.8 Å². The summed E-state index contributed by atoms with van der Waals surface area (Å²) >= 11 is 0. The number of aromatic nitrogens is 2. The molecule has 6 nitrogen and oxygen atoms in total. The normalized spacial score (nSPS) is 11.5. The standard InChI is InChI=1S/C22H24N4O2/c1-16(18-8-4-3-5-9-18)26-22(27)20-14-21(25-15-24-20)23-12-11-17-7-6-10-19(13-17)28-2/h3-10,13-16H,11-12H2,1-2H3,(H,26,27)(H,23,24,25). The fourth-order valence-electron chi connectivity index (χ4n) is 2.84. The van der Waals surface area contributed by atoms with Crippen molar-refractivity contribution in [3.63, 3.8) is 0 Å². The lowest BCUT2D eigenvalue weighted by Gasteiger charge is -2.14. The van der Waals surface area contributed by atoms with E-state index in [1.54, 1.807) is 13.2 Å². The molecule has 0 aliphatic rings. The lowest BCUT2D eigenvalue weighted by Crippen LogP contribution is -2.27. The fraction of sp³-hybridized carbons (Fsp3) is 0.227. The first kappa shape index (κ1) is 19.4. The first-order valence-electron chi connectivity index (χ1n) is 9.20. The third kappa shape index (κ3) is 5.30. The van der Waals surface area contributed by atoms with Gasteiger partial charge in [0.15, 0.2) is 0 Å². The minimum Gasteiger partial charge on any atom is -0.497 e. The molecule has 0 spiro atoms. The maximum atomic E-state index is 12.5. The van der Waals surface area contributed by atoms with Crippen molar-refractivity contribution >= 4 is 11.7 Å². The van der Waals surface area contributed by atoms with Crippen molar-refractivity contribution < 1.29 is 9.53 Å². The molecule has 3 aromatic rings. The molecule has 0 bridgehead atoms. The Hall–Kier alpha value is -3.41. The number of anilines is 1. The van der Waals surface area contributed by atoms with Crippen LogP contribution in [0, 0.1) is 0 Å². The van der Waals surface area contributed by atoms with Gasteiger partial charge in [0.05, 0.1) is 13.2 Å². The quantitative estimate of drug-likeness (QED) is 0.628. The zero-order chi connectivity index (χ0) is 19.8. The molecule has 2 N–H and O–H groups in total. The summed E-state index contributed by atoms with van der Waals surface area (Å²) in [5.74, 6) is 1.23. The number of rotatable bonds is 8. The van der Waals surface area contributed by atoms with Crippen molar-refractivity contribution in [2.45, 2.75) is 19.4 Å². The summed E-state index contributed by atoms with van der Waals surface area (Å²) < 4.78 is 5.24. The summed E-state index contributed by atoms with van der Waals surface area (Å²) in [6.07, 6.45) is 2.21. The Labute approximate surface area is 165 Å². The highest BCUT2D eigenvalue weighted by molar-refractivity contribution is 5.93. The van der Waals surface area contributed by atoms with E-state index in [0.717, 1.165) is 23.3 Å². The molecule has 6 heteroatoms. The summed E-state index contributed by atoms with van der Waals surface area (Å²) in [5, 5.41) is 6.20. The number of ether oxygens (including phenoxy) is 1. The Morgan fingerprint density at radius 2 is 1.89 bits per heavy atom. The van der Waals surface area contributed by atoms with Crippen LogP contribution in [0.15, 0.2) is 67.0 Å². The number of amides is 1. The Kier molecular flexibility index (Phi) is 6.57. The molecule has 144 valence electrons. The smallest absolute Gasteiger partial charge is 0.270 e. The van der Waals surface area contributed by atoms with Crippen molar-refractivity contribution in [1.82, 2.24) is 15.3 Å². The number of carbonyl (C=O) groups is 1. The number of hydrogen-bond acceptors (Lipinski definition) is 5. The van der Waals surface area contributed by atoms with E-state index < -0.39 is 0 Å². The predicted octanol–water partition coefficient (Wildman–Crippen LogP) is 3.63. The molecule has 1 heterocycles. The van der Waals surface area contributed by atoms with Crippen LogP contribution in [-0.2, 0) is 6.42 Å². The molecule has 1 aromatic heterocycles. The molecule has 28 heavy (non-hydrogen) atoms. The van der Waals surface area contributed by atoms with E-state index >= 15 is 0 Å². The van der Waals surface area contributed by atoms with Crippen LogP contribution in [0.3, 0.4) is 0 Å². The second-order valence-corrected chi connectivity index (χ2v) is 6.42. The summed E-state index contributed by atoms with van der Waals surface area (Å²) in [6.45, 7) is 2.63. The molecule has 0 aliphatic carbocycles. The van der Waals surface area contributed by atoms with Gasteiger partial charge in [0.2, 0.25) is 0 Å². The molecule has 3 rings (SSSR count). The Morgan fingerprint density at radius 3 is 2.68 bits per heavy atom. The summed E-state index contributed by atoms with van der Waals surface area (Å²) in [4.78, 5) is 20.8. The number of nitrogens with zero attached hydrogens (tertiary/aromatic N) is 2. The zero-order valence-electron chi connectivity index (χ0n) is 16.1. The SMILES string of the molecule is COc1cccc(CCNc2cc(C(=O)NC(C)c3ccccc3)ncn2)c1. The number of benzene rings is 2. The molecule has 2 aromatic carbocycles. The molecule has 0 aliphatic heterocycles. The zero-order valence-corrected chi connectivity index (χ0v) is 16.1. The monoisotopic (exact) mass is 376 g/mol. The highest BCUT2D eigenvalue weighted by Gasteiger charge is 2.13. The van der Waals surface area contributed by atoms with Crippen LogP contribution in [-0.4, -0.2) is 29.5 Å². The molecule has 1 amide bonds. The topological polar surface area (TPSA) is 76.1 Å². The van der Waals surface area contributed by atoms with E-state index in [1.165, 1.54) is 6.33 Å². The van der Waals surface area contributed by atoms with Gasteiger partial charge in [0, 0.05) is 12.6 Å². The first-order valence-corrected chi connectivity index (χ1v) is 9.20. The first-order chi connectivity index (χ1) is 13.7. The minimum atomic E-state index is -0.227. The lowest BCUT2D eigenvalue weighted by atomic mass is 10.1. The van der Waals surface area contributed by atoms with Crippen molar-refractivity contribution in [3.8, 4) is 5.75 Å². The molecular formula is C22H24N4O2. The number of carbonyl (C=O) groups excluding carboxylic acids is 1. The number of methoxy groups -OCH3 is 1. The van der Waals surface area contributed by atoms with Gasteiger partial charge in [-0.3, -0.25) is 4.79 Å². The van der Waals surface area contributed by atoms with Crippen LogP contribution in [0.4, 0.5) is 5.82 Å². The van der Waals surface area contributed by atoms with E-state index in [1.807, 2.05) is 61.5 Å². The van der Waals surface area contributed by atoms with E-state index in [-0.39, 0.29) is 11.9 Å². The highest BCUT2D eigenvalue weighted by Crippen LogP contribution is 2.14. The minimum absolute atomic E-state index is 0.104. The maximum Gasteiger partial charge on any atom is 0.270 e. The van der Waals surface area contributed by atoms with Gasteiger partial charge in [-0.05, 0) is 36.6 Å². The van der Waals surface area contributed by atoms with Gasteiger partial charge in [-0.1, -0.05) is 42.5 Å². The van der Waals surface area contributed by atoms with Gasteiger partial charge < -0.3 is 15.4 Å². The largest absolute Gasteiger partial charge is 0.497 e. The van der Waals surface area contributed by atoms with Gasteiger partial charge in [0.1, 0.15) is 23.6 Å². The fourth-order valence-corrected chi connectivity index (χ4v) is 2.84. The van der Waals surface area contributed by atoms with Crippen LogP contribution in [0.2, 0.25) is 0 Å². The second kappa shape index (κ2) is 9.50. The Bertz CT molecular complexity index is 915. The molecule has 1 unspecified atom stereocenters. The highest BCUT2D eigenvalue weighted by atomic mass is 16.5. The summed E-state index contributed by atoms with van der Waals surface area (Å²) in [7, 11) is 1.66. The third-order valence-corrected chi connectivity index (χ3v) is 4.40. The van der Waals surface area contributed by atoms with Gasteiger partial charge in [-0.2, -0.15) is 0 Å². The van der Waals surface area contributed by atoms with Crippen molar-refractivity contribution in [2.24, 2.45) is 0 Å². The van der Waals surface area contributed by atoms with Crippen LogP contribution >= 0.6 is 0 Å². The molecule has 0 radical (unpaired) electrons. The molecule has 0 saturated carbocycles. The lowest BCUT2D eigenvalue weighted by molar-refractivity contribution is 0.0934. The van der Waals surface area contributed by atoms with E-state index in [4.69, 9.17) is 4.74 Å². The molecule has 1 atom stereocenters. The second-order valence-electron chi connectivity index (χ2n) is 6.42. The average Bonchev–Trinajstić information content (AvgIpc) is 2.74. The van der Waals surface area contributed by atoms with Gasteiger partial charge in [-0.15, -0.1) is 0 Å². The molecule has 0 fully saturated rings. The summed E-state index contributed by atoms with van der Waals surface area (Å²) in [5.41, 5.74) is 2.54. The van der Waals surface area contributed by atoms with Crippen molar-refractivity contribution in [1.29, 1.82) is 0 Å².